The van der Waals surface area contributed by atoms with Crippen LogP contribution < -0.4 is 37.2 Å². The lowest BCUT2D eigenvalue weighted by molar-refractivity contribution is -0.144. The number of carbonyl (C=O) groups excluding carboxylic acids is 6. The van der Waals surface area contributed by atoms with E-state index in [-0.39, 0.29) is 48.5 Å². The molecule has 0 saturated carbocycles. The van der Waals surface area contributed by atoms with E-state index < -0.39 is 83.7 Å². The maximum absolute atomic E-state index is 14.5. The number of thiol groups is 1. The SMILES string of the molecule is CC[C@H](C)[C@H](NC(=O)[C@@H](NC(=O)[C@H](CS)NC(=O)[C@H](CC(C)C)NC(=O)[C@H](Cc1c[nH]c2ccccc12)NC(=O)[C@H](Cc1ccc(O)cc1)NC(=O)[C@@H]1CCCN1)[C@@H](C)CC)C(=O)O. The van der Waals surface area contributed by atoms with Crippen molar-refractivity contribution in [2.24, 2.45) is 17.8 Å². The van der Waals surface area contributed by atoms with Gasteiger partial charge in [-0.25, -0.2) is 4.79 Å². The van der Waals surface area contributed by atoms with Gasteiger partial charge in [-0.15, -0.1) is 0 Å². The van der Waals surface area contributed by atoms with Gasteiger partial charge >= 0.3 is 5.97 Å². The summed E-state index contributed by atoms with van der Waals surface area (Å²) in [5.41, 5.74) is 2.17. The van der Waals surface area contributed by atoms with Gasteiger partial charge in [-0.05, 0) is 72.9 Å². The van der Waals surface area contributed by atoms with E-state index in [4.69, 9.17) is 0 Å². The highest BCUT2D eigenvalue weighted by atomic mass is 32.1. The summed E-state index contributed by atoms with van der Waals surface area (Å²) in [6.45, 7) is 11.5. The Hall–Kier alpha value is -5.62. The smallest absolute Gasteiger partial charge is 0.326 e. The summed E-state index contributed by atoms with van der Waals surface area (Å²) in [7, 11) is 0. The van der Waals surface area contributed by atoms with Crippen molar-refractivity contribution in [3.8, 4) is 5.75 Å². The van der Waals surface area contributed by atoms with E-state index in [2.05, 4.69) is 54.8 Å². The number of phenols is 1. The van der Waals surface area contributed by atoms with Crippen LogP contribution in [-0.4, -0.2) is 111 Å². The van der Waals surface area contributed by atoms with Crippen LogP contribution in [0.1, 0.15) is 84.8 Å². The molecule has 1 fully saturated rings. The van der Waals surface area contributed by atoms with Crippen molar-refractivity contribution in [1.82, 2.24) is 42.2 Å². The second-order valence-electron chi connectivity index (χ2n) is 17.2. The van der Waals surface area contributed by atoms with Crippen LogP contribution in [0.15, 0.2) is 54.7 Å². The molecular formula is C46H66N8O9S. The molecule has 0 bridgehead atoms. The van der Waals surface area contributed by atoms with Gasteiger partial charge in [0.05, 0.1) is 6.04 Å². The van der Waals surface area contributed by atoms with Gasteiger partial charge in [0.25, 0.3) is 0 Å². The van der Waals surface area contributed by atoms with Gasteiger partial charge in [0.15, 0.2) is 0 Å². The molecule has 0 unspecified atom stereocenters. The molecule has 17 nitrogen and oxygen atoms in total. The van der Waals surface area contributed by atoms with Crippen molar-refractivity contribution in [3.05, 3.63) is 65.9 Å². The number of carboxylic acids is 1. The monoisotopic (exact) mass is 906 g/mol. The fourth-order valence-electron chi connectivity index (χ4n) is 7.58. The molecule has 350 valence electrons. The number of hydrogen-bond acceptors (Lipinski definition) is 10. The fraction of sp³-hybridized carbons (Fsp3) is 0.543. The Morgan fingerprint density at radius 3 is 1.86 bits per heavy atom. The van der Waals surface area contributed by atoms with Gasteiger partial charge in [0.1, 0.15) is 42.0 Å². The Bertz CT molecular complexity index is 2070. The Kier molecular flexibility index (Phi) is 19.5. The number of rotatable bonds is 24. The van der Waals surface area contributed by atoms with Crippen LogP contribution >= 0.6 is 12.6 Å². The minimum Gasteiger partial charge on any atom is -0.508 e. The quantitative estimate of drug-likeness (QED) is 0.0586. The largest absolute Gasteiger partial charge is 0.508 e. The van der Waals surface area contributed by atoms with Gasteiger partial charge in [-0.3, -0.25) is 28.8 Å². The molecular weight excluding hydrogens is 841 g/mol. The summed E-state index contributed by atoms with van der Waals surface area (Å²) in [5, 5.41) is 40.1. The van der Waals surface area contributed by atoms with Crippen LogP contribution in [-0.2, 0) is 46.4 Å². The van der Waals surface area contributed by atoms with Crippen molar-refractivity contribution in [3.63, 3.8) is 0 Å². The van der Waals surface area contributed by atoms with Crippen molar-refractivity contribution in [2.75, 3.05) is 12.3 Å². The van der Waals surface area contributed by atoms with E-state index in [9.17, 15) is 43.8 Å². The highest BCUT2D eigenvalue weighted by molar-refractivity contribution is 7.80. The number of aromatic amines is 1. The molecule has 2 aromatic carbocycles. The van der Waals surface area contributed by atoms with Gasteiger partial charge < -0.3 is 52.4 Å². The number of nitrogens with one attached hydrogen (secondary N) is 8. The van der Waals surface area contributed by atoms with Crippen LogP contribution in [0.3, 0.4) is 0 Å². The normalized spacial score (nSPS) is 17.5. The van der Waals surface area contributed by atoms with Crippen LogP contribution in [0.2, 0.25) is 0 Å². The molecule has 1 aliphatic heterocycles. The summed E-state index contributed by atoms with van der Waals surface area (Å²) >= 11 is 4.33. The first kappa shape index (κ1) is 51.0. The van der Waals surface area contributed by atoms with Crippen molar-refractivity contribution in [1.29, 1.82) is 0 Å². The third-order valence-corrected chi connectivity index (χ3v) is 12.2. The van der Waals surface area contributed by atoms with Crippen LogP contribution in [0, 0.1) is 17.8 Å². The number of carbonyl (C=O) groups is 7. The topological polar surface area (TPSA) is 260 Å². The first-order valence-corrected chi connectivity index (χ1v) is 22.8. The summed E-state index contributed by atoms with van der Waals surface area (Å²) in [4.78, 5) is 98.7. The number of aliphatic carboxylic acids is 1. The molecule has 4 rings (SSSR count). The van der Waals surface area contributed by atoms with E-state index in [0.717, 1.165) is 17.3 Å². The average Bonchev–Trinajstić information content (AvgIpc) is 3.96. The molecule has 2 heterocycles. The summed E-state index contributed by atoms with van der Waals surface area (Å²) in [6, 6.07) is 6.10. The highest BCUT2D eigenvalue weighted by Gasteiger charge is 2.36. The maximum Gasteiger partial charge on any atom is 0.326 e. The number of benzene rings is 2. The summed E-state index contributed by atoms with van der Waals surface area (Å²) in [6.07, 6.45) is 4.30. The van der Waals surface area contributed by atoms with E-state index in [0.29, 0.717) is 36.9 Å². The van der Waals surface area contributed by atoms with Gasteiger partial charge in [0, 0.05) is 35.7 Å². The predicted octanol–water partition coefficient (Wildman–Crippen LogP) is 2.47. The number of para-hydroxylation sites is 1. The number of aromatic hydroxyl groups is 1. The molecule has 0 radical (unpaired) electrons. The number of H-pyrrole nitrogens is 1. The number of amides is 6. The van der Waals surface area contributed by atoms with Gasteiger partial charge in [-0.1, -0.05) is 84.7 Å². The Morgan fingerprint density at radius 2 is 1.27 bits per heavy atom. The van der Waals surface area contributed by atoms with E-state index in [1.165, 1.54) is 12.1 Å². The minimum atomic E-state index is -1.26. The van der Waals surface area contributed by atoms with E-state index in [1.54, 1.807) is 32.2 Å². The van der Waals surface area contributed by atoms with Gasteiger partial charge in [-0.2, -0.15) is 12.6 Å². The van der Waals surface area contributed by atoms with Crippen molar-refractivity contribution >= 4 is 64.9 Å². The molecule has 10 N–H and O–H groups in total. The lowest BCUT2D eigenvalue weighted by Crippen LogP contribution is -2.61. The van der Waals surface area contributed by atoms with Crippen molar-refractivity contribution in [2.45, 2.75) is 129 Å². The number of phenolic OH excluding ortho intramolecular Hbond substituents is 1. The first-order valence-electron chi connectivity index (χ1n) is 22.2. The lowest BCUT2D eigenvalue weighted by Gasteiger charge is -2.29. The Balaban J connectivity index is 1.58. The number of fused-ring (bicyclic) bond motifs is 1. The average molecular weight is 907 g/mol. The molecule has 0 spiro atoms. The second-order valence-corrected chi connectivity index (χ2v) is 17.6. The predicted molar refractivity (Wildman–Crippen MR) is 246 cm³/mol. The molecule has 18 heteroatoms. The zero-order chi connectivity index (χ0) is 47.1. The van der Waals surface area contributed by atoms with Crippen LogP contribution in [0.4, 0.5) is 0 Å². The number of hydrogen-bond donors (Lipinski definition) is 11. The summed E-state index contributed by atoms with van der Waals surface area (Å²) in [5.74, 6) is -6.06. The molecule has 0 aliphatic carbocycles. The Labute approximate surface area is 380 Å². The number of carboxylic acid groups (broad SMARTS) is 1. The second kappa shape index (κ2) is 24.4. The molecule has 1 aliphatic rings. The van der Waals surface area contributed by atoms with Gasteiger partial charge in [0.2, 0.25) is 35.4 Å². The highest BCUT2D eigenvalue weighted by Crippen LogP contribution is 2.21. The maximum atomic E-state index is 14.5. The molecule has 1 saturated heterocycles. The fourth-order valence-corrected chi connectivity index (χ4v) is 7.84. The van der Waals surface area contributed by atoms with E-state index in [1.807, 2.05) is 52.0 Å². The van der Waals surface area contributed by atoms with E-state index >= 15 is 0 Å². The van der Waals surface area contributed by atoms with Crippen molar-refractivity contribution < 1.29 is 43.8 Å². The third-order valence-electron chi connectivity index (χ3n) is 11.8. The third kappa shape index (κ3) is 14.5. The molecule has 3 aromatic rings. The summed E-state index contributed by atoms with van der Waals surface area (Å²) < 4.78 is 0. The molecule has 64 heavy (non-hydrogen) atoms. The molecule has 6 amide bonds. The molecule has 1 aromatic heterocycles. The number of aromatic nitrogens is 1. The first-order chi connectivity index (χ1) is 30.4. The minimum absolute atomic E-state index is 0.00215. The van der Waals surface area contributed by atoms with Crippen LogP contribution in [0.5, 0.6) is 5.75 Å². The Morgan fingerprint density at radius 1 is 0.703 bits per heavy atom. The lowest BCUT2D eigenvalue weighted by atomic mass is 9.95. The zero-order valence-corrected chi connectivity index (χ0v) is 38.4. The molecule has 9 atom stereocenters. The zero-order valence-electron chi connectivity index (χ0n) is 37.5. The standard InChI is InChI=1S/C46H66N8O9S/c1-7-26(5)38(45(61)54-39(46(62)63)27(6)8-2)53-44(60)37(24-64)52-41(57)34(20-25(3)4)49-43(59)36(22-29-23-48-32-13-10-9-12-31(29)32)51-42(58)35(21-28-15-17-30(55)18-16-28)50-40(56)33-14-11-19-47-33/h9-10,12-13,15-18,23,25-27,33-39,47-48,55,64H,7-8,11,14,19-22,24H2,1-6H3,(H,49,59)(H,50,56)(H,51,58)(H,52,57)(H,53,60)(H,54,61)(H,62,63)/t26-,27-,33-,34-,35-,36-,37-,38-,39-/m0/s1. The van der Waals surface area contributed by atoms with Crippen LogP contribution in [0.25, 0.3) is 10.9 Å².